The molecule has 2 N–H and O–H groups in total. The largest absolute Gasteiger partial charge is 0.375 e. The number of nitrogens with zero attached hydrogens (tertiary/aromatic N) is 3. The van der Waals surface area contributed by atoms with Gasteiger partial charge in [0.1, 0.15) is 0 Å². The van der Waals surface area contributed by atoms with E-state index >= 15 is 0 Å². The molecule has 0 amide bonds. The molecule has 4 rings (SSSR count). The number of hydrogen-bond donors (Lipinski definition) is 2. The van der Waals surface area contributed by atoms with Crippen LogP contribution in [-0.4, -0.2) is 43.3 Å². The van der Waals surface area contributed by atoms with E-state index in [1.165, 1.54) is 5.56 Å². The Kier molecular flexibility index (Phi) is 5.94. The zero-order chi connectivity index (χ0) is 16.5. The zero-order valence-corrected chi connectivity index (χ0v) is 13.7. The Morgan fingerprint density at radius 3 is 2.42 bits per heavy atom. The first-order valence-corrected chi connectivity index (χ1v) is 8.38. The fourth-order valence-electron chi connectivity index (χ4n) is 2.76. The minimum Gasteiger partial charge on any atom is -0.375 e. The van der Waals surface area contributed by atoms with Gasteiger partial charge in [0.05, 0.1) is 25.3 Å². The monoisotopic (exact) mass is 321 g/mol. The first-order chi connectivity index (χ1) is 11.9. The van der Waals surface area contributed by atoms with Crippen LogP contribution in [0.15, 0.2) is 64.7 Å². The van der Waals surface area contributed by atoms with Gasteiger partial charge >= 0.3 is 0 Å². The lowest BCUT2D eigenvalue weighted by atomic mass is 9.91. The van der Waals surface area contributed by atoms with Crippen molar-refractivity contribution in [2.24, 2.45) is 9.98 Å². The Morgan fingerprint density at radius 1 is 0.958 bits per heavy atom. The van der Waals surface area contributed by atoms with E-state index in [2.05, 4.69) is 55.9 Å². The van der Waals surface area contributed by atoms with Gasteiger partial charge in [0, 0.05) is 37.3 Å². The normalized spacial score (nSPS) is 16.4. The summed E-state index contributed by atoms with van der Waals surface area (Å²) in [6.45, 7) is 3.83. The summed E-state index contributed by atoms with van der Waals surface area (Å²) in [5.74, 6) is 1.37. The van der Waals surface area contributed by atoms with E-state index in [0.717, 1.165) is 44.1 Å². The van der Waals surface area contributed by atoms with Crippen molar-refractivity contribution in [3.05, 3.63) is 66.0 Å². The summed E-state index contributed by atoms with van der Waals surface area (Å²) in [6.07, 6.45) is 4.48. The van der Waals surface area contributed by atoms with Crippen molar-refractivity contribution in [1.29, 1.82) is 0 Å². The van der Waals surface area contributed by atoms with Gasteiger partial charge in [-0.2, -0.15) is 0 Å². The van der Waals surface area contributed by atoms with Crippen molar-refractivity contribution in [2.45, 2.75) is 12.3 Å². The molecule has 0 bridgehead atoms. The zero-order valence-electron chi connectivity index (χ0n) is 13.7. The van der Waals surface area contributed by atoms with Crippen LogP contribution in [0.25, 0.3) is 0 Å². The molecule has 2 aliphatic rings. The standard InChI is InChI=1S/C16H17N3.C3H6N2/c1-2-6-13(7-3-1)14(12-16-18-10-11-19-16)15-8-4-5-9-17-15;1-2-5-3-4-1/h1-9,14H,10-12H2,(H,18,19);3H,1-2H2,(H,4,5). The molecular weight excluding hydrogens is 298 g/mol. The Balaban J connectivity index is 0.000000290. The molecule has 1 atom stereocenters. The van der Waals surface area contributed by atoms with Gasteiger partial charge in [0.15, 0.2) is 0 Å². The van der Waals surface area contributed by atoms with E-state index in [1.54, 1.807) is 6.34 Å². The summed E-state index contributed by atoms with van der Waals surface area (Å²) in [5.41, 5.74) is 2.39. The fraction of sp³-hybridized carbons (Fsp3) is 0.316. The van der Waals surface area contributed by atoms with E-state index in [0.29, 0.717) is 0 Å². The summed E-state index contributed by atoms with van der Waals surface area (Å²) >= 11 is 0. The van der Waals surface area contributed by atoms with Crippen LogP contribution in [0.1, 0.15) is 23.6 Å². The predicted octanol–water partition coefficient (Wildman–Crippen LogP) is 2.22. The molecule has 2 aromatic rings. The number of pyridine rings is 1. The van der Waals surface area contributed by atoms with Gasteiger partial charge in [-0.25, -0.2) is 0 Å². The van der Waals surface area contributed by atoms with Gasteiger partial charge in [0.25, 0.3) is 0 Å². The van der Waals surface area contributed by atoms with Crippen molar-refractivity contribution in [3.8, 4) is 0 Å². The third-order valence-electron chi connectivity index (χ3n) is 3.96. The van der Waals surface area contributed by atoms with Crippen LogP contribution in [0.2, 0.25) is 0 Å². The third kappa shape index (κ3) is 4.65. The Bertz CT molecular complexity index is 621. The lowest BCUT2D eigenvalue weighted by Crippen LogP contribution is -2.21. The van der Waals surface area contributed by atoms with Crippen LogP contribution in [0.5, 0.6) is 0 Å². The Labute approximate surface area is 143 Å². The van der Waals surface area contributed by atoms with Crippen LogP contribution < -0.4 is 10.6 Å². The van der Waals surface area contributed by atoms with Crippen LogP contribution in [0, 0.1) is 0 Å². The smallest absolute Gasteiger partial charge is 0.0974 e. The van der Waals surface area contributed by atoms with Crippen molar-refractivity contribution < 1.29 is 0 Å². The fourth-order valence-corrected chi connectivity index (χ4v) is 2.76. The van der Waals surface area contributed by atoms with Crippen molar-refractivity contribution in [2.75, 3.05) is 26.2 Å². The van der Waals surface area contributed by atoms with E-state index < -0.39 is 0 Å². The topological polar surface area (TPSA) is 61.7 Å². The van der Waals surface area contributed by atoms with Gasteiger partial charge in [-0.1, -0.05) is 36.4 Å². The number of rotatable bonds is 4. The maximum absolute atomic E-state index is 4.51. The van der Waals surface area contributed by atoms with Gasteiger partial charge in [-0.3, -0.25) is 15.0 Å². The van der Waals surface area contributed by atoms with Crippen molar-refractivity contribution >= 4 is 12.2 Å². The molecule has 5 heteroatoms. The summed E-state index contributed by atoms with van der Waals surface area (Å²) in [6, 6.07) is 16.6. The van der Waals surface area contributed by atoms with Gasteiger partial charge in [0.2, 0.25) is 0 Å². The molecule has 24 heavy (non-hydrogen) atoms. The first-order valence-electron chi connectivity index (χ1n) is 8.38. The van der Waals surface area contributed by atoms with Crippen molar-refractivity contribution in [1.82, 2.24) is 15.6 Å². The lowest BCUT2D eigenvalue weighted by molar-refractivity contribution is 0.801. The van der Waals surface area contributed by atoms with E-state index in [9.17, 15) is 0 Å². The molecule has 0 aliphatic carbocycles. The molecule has 124 valence electrons. The highest BCUT2D eigenvalue weighted by atomic mass is 15.1. The maximum atomic E-state index is 4.51. The number of aliphatic imine (C=N–C) groups is 2. The first kappa shape index (κ1) is 16.2. The predicted molar refractivity (Wildman–Crippen MR) is 98.8 cm³/mol. The maximum Gasteiger partial charge on any atom is 0.0974 e. The Morgan fingerprint density at radius 2 is 1.83 bits per heavy atom. The molecule has 1 aromatic heterocycles. The molecule has 5 nitrogen and oxygen atoms in total. The summed E-state index contributed by atoms with van der Waals surface area (Å²) in [4.78, 5) is 12.9. The SMILES string of the molecule is C1=NCCN1.c1ccc(C(CC2=NCCN2)c2ccccn2)cc1. The Hall–Kier alpha value is -2.69. The van der Waals surface area contributed by atoms with Crippen LogP contribution >= 0.6 is 0 Å². The minimum absolute atomic E-state index is 0.270. The second-order valence-electron chi connectivity index (χ2n) is 5.67. The molecule has 2 aliphatic heterocycles. The van der Waals surface area contributed by atoms with Crippen LogP contribution in [0.3, 0.4) is 0 Å². The van der Waals surface area contributed by atoms with E-state index in [1.807, 2.05) is 24.4 Å². The molecule has 0 radical (unpaired) electrons. The summed E-state index contributed by atoms with van der Waals surface area (Å²) < 4.78 is 0. The summed E-state index contributed by atoms with van der Waals surface area (Å²) in [5, 5.41) is 6.28. The molecule has 0 spiro atoms. The molecule has 3 heterocycles. The number of aromatic nitrogens is 1. The average molecular weight is 321 g/mol. The van der Waals surface area contributed by atoms with Gasteiger partial charge in [-0.15, -0.1) is 0 Å². The van der Waals surface area contributed by atoms with E-state index in [-0.39, 0.29) is 5.92 Å². The number of nitrogens with one attached hydrogen (secondary N) is 2. The number of amidine groups is 1. The quantitative estimate of drug-likeness (QED) is 0.908. The molecule has 1 aromatic carbocycles. The highest BCUT2D eigenvalue weighted by Gasteiger charge is 2.19. The van der Waals surface area contributed by atoms with Crippen LogP contribution in [0.4, 0.5) is 0 Å². The van der Waals surface area contributed by atoms with Crippen LogP contribution in [-0.2, 0) is 0 Å². The second-order valence-corrected chi connectivity index (χ2v) is 5.67. The van der Waals surface area contributed by atoms with Crippen molar-refractivity contribution in [3.63, 3.8) is 0 Å². The third-order valence-corrected chi connectivity index (χ3v) is 3.96. The molecular formula is C19H23N5. The van der Waals surface area contributed by atoms with Gasteiger partial charge in [-0.05, 0) is 17.7 Å². The molecule has 1 unspecified atom stereocenters. The number of hydrogen-bond acceptors (Lipinski definition) is 5. The molecule has 0 fully saturated rings. The highest BCUT2D eigenvalue weighted by molar-refractivity contribution is 5.84. The minimum atomic E-state index is 0.270. The molecule has 0 saturated carbocycles. The molecule has 0 saturated heterocycles. The summed E-state index contributed by atoms with van der Waals surface area (Å²) in [7, 11) is 0. The van der Waals surface area contributed by atoms with Gasteiger partial charge < -0.3 is 10.6 Å². The highest BCUT2D eigenvalue weighted by Crippen LogP contribution is 2.26. The number of benzene rings is 1. The second kappa shape index (κ2) is 8.82. The lowest BCUT2D eigenvalue weighted by Gasteiger charge is -2.17. The average Bonchev–Trinajstić information content (AvgIpc) is 3.38. The van der Waals surface area contributed by atoms with E-state index in [4.69, 9.17) is 0 Å².